The molecule has 3 heterocycles. The molecule has 0 spiro atoms. The Kier molecular flexibility index (Phi) is 9.40. The van der Waals surface area contributed by atoms with E-state index >= 15 is 0 Å². The van der Waals surface area contributed by atoms with Crippen molar-refractivity contribution in [2.75, 3.05) is 12.4 Å². The molecule has 0 bridgehead atoms. The van der Waals surface area contributed by atoms with Crippen molar-refractivity contribution in [1.82, 2.24) is 25.3 Å². The first kappa shape index (κ1) is 27.0. The van der Waals surface area contributed by atoms with E-state index in [0.29, 0.717) is 12.5 Å². The second-order valence-electron chi connectivity index (χ2n) is 8.65. The Balaban J connectivity index is 0.00000186. The number of aromatic amines is 1. The summed E-state index contributed by atoms with van der Waals surface area (Å²) in [4.78, 5) is 17.1. The number of hydrogen-bond acceptors (Lipinski definition) is 5. The molecule has 0 amide bonds. The number of fused-ring (bicyclic) bond motifs is 1. The highest BCUT2D eigenvalue weighted by Crippen LogP contribution is 2.28. The number of anilines is 1. The van der Waals surface area contributed by atoms with Crippen LogP contribution < -0.4 is 10.6 Å². The summed E-state index contributed by atoms with van der Waals surface area (Å²) in [5.41, 5.74) is 9.28. The summed E-state index contributed by atoms with van der Waals surface area (Å²) in [6.07, 6.45) is 22.0. The lowest BCUT2D eigenvalue weighted by atomic mass is 9.98. The number of hydrogen-bond donors (Lipinski definition) is 3. The van der Waals surface area contributed by atoms with Crippen molar-refractivity contribution >= 4 is 22.3 Å². The minimum absolute atomic E-state index is 0.332. The molecule has 4 rings (SSSR count). The summed E-state index contributed by atoms with van der Waals surface area (Å²) in [7, 11) is 1.94. The maximum absolute atomic E-state index is 4.95. The van der Waals surface area contributed by atoms with Gasteiger partial charge in [-0.05, 0) is 67.8 Å². The Morgan fingerprint density at radius 2 is 1.95 bits per heavy atom. The third kappa shape index (κ3) is 6.53. The number of benzene rings is 1. The van der Waals surface area contributed by atoms with E-state index in [4.69, 9.17) is 4.98 Å². The molecule has 6 nitrogen and oxygen atoms in total. The number of terminal acetylenes is 1. The average Bonchev–Trinajstić information content (AvgIpc) is 3.35. The maximum Gasteiger partial charge on any atom is 0.111 e. The highest BCUT2D eigenvalue weighted by Gasteiger charge is 2.13. The van der Waals surface area contributed by atoms with E-state index in [0.717, 1.165) is 56.1 Å². The van der Waals surface area contributed by atoms with E-state index in [1.165, 1.54) is 0 Å². The molecule has 0 aliphatic rings. The predicted molar refractivity (Wildman–Crippen MR) is 156 cm³/mol. The topological polar surface area (TPSA) is 78.5 Å². The minimum Gasteiger partial charge on any atom is -0.388 e. The molecule has 0 unspecified atom stereocenters. The van der Waals surface area contributed by atoms with Crippen LogP contribution in [0.25, 0.3) is 27.7 Å². The number of aromatic nitrogens is 4. The number of nitrogens with zero attached hydrogens (tertiary/aromatic N) is 3. The van der Waals surface area contributed by atoms with Gasteiger partial charge in [0.2, 0.25) is 0 Å². The van der Waals surface area contributed by atoms with Gasteiger partial charge in [0, 0.05) is 60.6 Å². The van der Waals surface area contributed by atoms with Gasteiger partial charge in [-0.15, -0.1) is 12.8 Å². The predicted octanol–water partition coefficient (Wildman–Crippen LogP) is 6.37. The summed E-state index contributed by atoms with van der Waals surface area (Å²) in [6.45, 7) is 10.3. The number of allylic oxidation sites excluding steroid dienone is 4. The van der Waals surface area contributed by atoms with Crippen molar-refractivity contribution in [3.05, 3.63) is 103 Å². The van der Waals surface area contributed by atoms with Crippen molar-refractivity contribution in [1.29, 1.82) is 0 Å². The van der Waals surface area contributed by atoms with E-state index in [-0.39, 0.29) is 0 Å². The standard InChI is InChI=1S/C29H32N6.C2H2/c1-6-20(14-24(7-2)33-19(3)4)21-10-11-26(30-5)23(13-21)15-28-34-27-18-32-17-25(29(27)35-28)22-9-8-12-31-16-22;1-2/h6-14,16-19,30,33H,2,15H2,1,3-5H3,(H,34,35);1-2H/b20-6+,24-14+;. The molecular formula is C31H34N6. The third-order valence-electron chi connectivity index (χ3n) is 5.78. The zero-order chi connectivity index (χ0) is 26.8. The second-order valence-corrected chi connectivity index (χ2v) is 8.65. The van der Waals surface area contributed by atoms with E-state index < -0.39 is 0 Å². The van der Waals surface area contributed by atoms with E-state index in [9.17, 15) is 0 Å². The Morgan fingerprint density at radius 3 is 2.59 bits per heavy atom. The second kappa shape index (κ2) is 12.9. The fourth-order valence-electron chi connectivity index (χ4n) is 4.14. The fraction of sp³-hybridized carbons (Fsp3) is 0.194. The lowest BCUT2D eigenvalue weighted by Crippen LogP contribution is -2.20. The van der Waals surface area contributed by atoms with Crippen molar-refractivity contribution in [2.45, 2.75) is 33.2 Å². The molecule has 37 heavy (non-hydrogen) atoms. The van der Waals surface area contributed by atoms with Crippen molar-refractivity contribution in [3.63, 3.8) is 0 Å². The lowest BCUT2D eigenvalue weighted by molar-refractivity contribution is 0.682. The van der Waals surface area contributed by atoms with E-state index in [1.807, 2.05) is 43.8 Å². The maximum atomic E-state index is 4.95. The lowest BCUT2D eigenvalue weighted by Gasteiger charge is -2.14. The Labute approximate surface area is 219 Å². The molecule has 3 N–H and O–H groups in total. The largest absolute Gasteiger partial charge is 0.388 e. The first-order valence-corrected chi connectivity index (χ1v) is 12.2. The molecule has 0 atom stereocenters. The molecule has 4 aromatic rings. The molecule has 0 radical (unpaired) electrons. The van der Waals surface area contributed by atoms with Gasteiger partial charge in [0.25, 0.3) is 0 Å². The molecule has 0 aliphatic carbocycles. The number of imidazole rings is 1. The van der Waals surface area contributed by atoms with Gasteiger partial charge in [-0.3, -0.25) is 9.97 Å². The number of pyridine rings is 2. The van der Waals surface area contributed by atoms with Crippen LogP contribution in [0, 0.1) is 12.8 Å². The number of rotatable bonds is 9. The molecule has 3 aromatic heterocycles. The molecule has 0 fully saturated rings. The first-order valence-electron chi connectivity index (χ1n) is 12.2. The zero-order valence-electron chi connectivity index (χ0n) is 21.9. The molecule has 0 saturated carbocycles. The number of nitrogens with one attached hydrogen (secondary N) is 3. The van der Waals surface area contributed by atoms with Crippen LogP contribution in [0.1, 0.15) is 37.7 Å². The minimum atomic E-state index is 0.332. The molecule has 0 saturated heterocycles. The number of H-pyrrole nitrogens is 1. The molecule has 0 aliphatic heterocycles. The Morgan fingerprint density at radius 1 is 1.14 bits per heavy atom. The van der Waals surface area contributed by atoms with Crippen LogP contribution in [-0.4, -0.2) is 33.0 Å². The zero-order valence-corrected chi connectivity index (χ0v) is 21.9. The highest BCUT2D eigenvalue weighted by molar-refractivity contribution is 5.90. The van der Waals surface area contributed by atoms with Crippen molar-refractivity contribution in [3.8, 4) is 24.0 Å². The summed E-state index contributed by atoms with van der Waals surface area (Å²) in [5, 5.41) is 6.76. The quantitative estimate of drug-likeness (QED) is 0.188. The summed E-state index contributed by atoms with van der Waals surface area (Å²) in [5.74, 6) is 0.887. The van der Waals surface area contributed by atoms with Gasteiger partial charge in [0.15, 0.2) is 0 Å². The highest BCUT2D eigenvalue weighted by atomic mass is 14.9. The van der Waals surface area contributed by atoms with Crippen LogP contribution in [0.2, 0.25) is 0 Å². The van der Waals surface area contributed by atoms with Crippen molar-refractivity contribution < 1.29 is 0 Å². The SMILES string of the molecule is C#C.C=C/C(=C\C(=C/C)c1ccc(NC)c(Cc2nc3c(-c4cccnc4)cncc3[nH]2)c1)NC(C)C. The molecular weight excluding hydrogens is 456 g/mol. The van der Waals surface area contributed by atoms with Gasteiger partial charge < -0.3 is 15.6 Å². The molecule has 6 heteroatoms. The van der Waals surface area contributed by atoms with Gasteiger partial charge >= 0.3 is 0 Å². The average molecular weight is 491 g/mol. The molecule has 1 aromatic carbocycles. The van der Waals surface area contributed by atoms with Crippen molar-refractivity contribution in [2.24, 2.45) is 0 Å². The smallest absolute Gasteiger partial charge is 0.111 e. The van der Waals surface area contributed by atoms with Gasteiger partial charge in [0.1, 0.15) is 5.82 Å². The van der Waals surface area contributed by atoms with E-state index in [1.54, 1.807) is 6.20 Å². The van der Waals surface area contributed by atoms with Crippen LogP contribution in [0.15, 0.2) is 85.6 Å². The van der Waals surface area contributed by atoms with Gasteiger partial charge in [0.05, 0.1) is 17.2 Å². The van der Waals surface area contributed by atoms with Crippen LogP contribution in [0.5, 0.6) is 0 Å². The van der Waals surface area contributed by atoms with Crippen LogP contribution in [0.3, 0.4) is 0 Å². The monoisotopic (exact) mass is 490 g/mol. The Bertz CT molecular complexity index is 1420. The van der Waals surface area contributed by atoms with Gasteiger partial charge in [-0.1, -0.05) is 24.8 Å². The van der Waals surface area contributed by atoms with Crippen LogP contribution in [-0.2, 0) is 6.42 Å². The summed E-state index contributed by atoms with van der Waals surface area (Å²) in [6, 6.07) is 10.8. The third-order valence-corrected chi connectivity index (χ3v) is 5.78. The van der Waals surface area contributed by atoms with Crippen LogP contribution >= 0.6 is 0 Å². The summed E-state index contributed by atoms with van der Waals surface area (Å²) < 4.78 is 0. The van der Waals surface area contributed by atoms with E-state index in [2.05, 4.69) is 96.1 Å². The van der Waals surface area contributed by atoms with Gasteiger partial charge in [-0.25, -0.2) is 4.98 Å². The fourth-order valence-corrected chi connectivity index (χ4v) is 4.14. The first-order chi connectivity index (χ1) is 18.0. The normalized spacial score (nSPS) is 11.6. The van der Waals surface area contributed by atoms with Crippen LogP contribution in [0.4, 0.5) is 5.69 Å². The Hall–Kier alpha value is -4.63. The summed E-state index contributed by atoms with van der Waals surface area (Å²) >= 11 is 0. The van der Waals surface area contributed by atoms with Gasteiger partial charge in [-0.2, -0.15) is 0 Å². The molecule has 188 valence electrons.